The fourth-order valence-corrected chi connectivity index (χ4v) is 9.28. The molecule has 11 aromatic rings. The third-order valence-corrected chi connectivity index (χ3v) is 12.2. The molecule has 0 bridgehead atoms. The predicted octanol–water partition coefficient (Wildman–Crippen LogP) is 13.8. The molecule has 5 heteroatoms. The van der Waals surface area contributed by atoms with Gasteiger partial charge in [0.2, 0.25) is 5.96 Å². The van der Waals surface area contributed by atoms with Gasteiger partial charge in [-0.3, -0.25) is 4.57 Å². The van der Waals surface area contributed by atoms with Gasteiger partial charge in [-0.1, -0.05) is 206 Å². The zero-order valence-corrected chi connectivity index (χ0v) is 33.7. The van der Waals surface area contributed by atoms with Crippen LogP contribution in [0.2, 0.25) is 0 Å². The van der Waals surface area contributed by atoms with E-state index in [-0.39, 0.29) is 0 Å². The summed E-state index contributed by atoms with van der Waals surface area (Å²) in [4.78, 5) is 11.0. The van der Waals surface area contributed by atoms with Gasteiger partial charge in [0.1, 0.15) is 12.0 Å². The largest absolute Gasteiger partial charge is 0.344 e. The van der Waals surface area contributed by atoms with Gasteiger partial charge in [-0.05, 0) is 51.6 Å². The summed E-state index contributed by atoms with van der Waals surface area (Å²) in [6.45, 7) is 0. The minimum absolute atomic E-state index is 0.406. The van der Waals surface area contributed by atoms with Crippen LogP contribution in [0.5, 0.6) is 0 Å². The number of fused-ring (bicyclic) bond motifs is 7. The van der Waals surface area contributed by atoms with Gasteiger partial charge in [-0.25, -0.2) is 4.99 Å². The fraction of sp³-hybridized carbons (Fsp3) is 0.0175. The van der Waals surface area contributed by atoms with Crippen molar-refractivity contribution in [2.24, 2.45) is 9.98 Å². The van der Waals surface area contributed by atoms with Crippen molar-refractivity contribution in [1.29, 1.82) is 0 Å². The van der Waals surface area contributed by atoms with E-state index in [0.29, 0.717) is 5.96 Å². The predicted molar refractivity (Wildman–Crippen MR) is 258 cm³/mol. The highest BCUT2D eigenvalue weighted by Crippen LogP contribution is 2.42. The fourth-order valence-electron chi connectivity index (χ4n) is 9.28. The lowest BCUT2D eigenvalue weighted by atomic mass is 10.0. The first kappa shape index (κ1) is 35.6. The van der Waals surface area contributed by atoms with Gasteiger partial charge in [0.05, 0.1) is 27.8 Å². The van der Waals surface area contributed by atoms with Crippen LogP contribution in [-0.2, 0) is 0 Å². The van der Waals surface area contributed by atoms with Crippen molar-refractivity contribution >= 4 is 55.4 Å². The summed E-state index contributed by atoms with van der Waals surface area (Å²) >= 11 is 0. The lowest BCUT2D eigenvalue weighted by molar-refractivity contribution is 0.668. The Bertz CT molecular complexity index is 3510. The molecular weight excluding hydrogens is 755 g/mol. The zero-order chi connectivity index (χ0) is 41.0. The molecule has 62 heavy (non-hydrogen) atoms. The molecule has 1 unspecified atom stereocenters. The Hall–Kier alpha value is -8.28. The Morgan fingerprint density at radius 3 is 1.42 bits per heavy atom. The van der Waals surface area contributed by atoms with Gasteiger partial charge in [-0.2, -0.15) is 4.99 Å². The molecule has 0 fully saturated rings. The van der Waals surface area contributed by atoms with E-state index in [1.807, 2.05) is 0 Å². The minimum atomic E-state index is -0.406. The summed E-state index contributed by atoms with van der Waals surface area (Å²) in [5.74, 6) is 1.38. The monoisotopic (exact) mass is 793 g/mol. The second kappa shape index (κ2) is 14.8. The Morgan fingerprint density at radius 2 is 0.806 bits per heavy atom. The maximum atomic E-state index is 5.54. The van der Waals surface area contributed by atoms with Crippen molar-refractivity contribution in [2.75, 3.05) is 0 Å². The van der Waals surface area contributed by atoms with Gasteiger partial charge >= 0.3 is 0 Å². The first-order valence-corrected chi connectivity index (χ1v) is 21.1. The summed E-state index contributed by atoms with van der Waals surface area (Å²) < 4.78 is 4.76. The molecule has 292 valence electrons. The first-order chi connectivity index (χ1) is 30.8. The van der Waals surface area contributed by atoms with Crippen molar-refractivity contribution in [2.45, 2.75) is 6.17 Å². The molecule has 0 aliphatic carbocycles. The van der Waals surface area contributed by atoms with Crippen LogP contribution in [0.15, 0.2) is 234 Å². The third-order valence-electron chi connectivity index (χ3n) is 12.2. The molecule has 0 spiro atoms. The Kier molecular flexibility index (Phi) is 8.49. The number of aromatic nitrogens is 2. The van der Waals surface area contributed by atoms with E-state index in [2.05, 4.69) is 239 Å². The van der Waals surface area contributed by atoms with Gasteiger partial charge in [0.25, 0.3) is 0 Å². The molecule has 1 aliphatic heterocycles. The van der Waals surface area contributed by atoms with Crippen LogP contribution in [0.1, 0.15) is 17.3 Å². The third kappa shape index (κ3) is 5.94. The van der Waals surface area contributed by atoms with Crippen LogP contribution in [0.25, 0.3) is 82.7 Å². The van der Waals surface area contributed by atoms with Crippen LogP contribution in [0, 0.1) is 0 Å². The molecule has 1 atom stereocenters. The van der Waals surface area contributed by atoms with E-state index in [1.54, 1.807) is 0 Å². The molecule has 0 radical (unpaired) electrons. The van der Waals surface area contributed by atoms with Crippen molar-refractivity contribution in [3.63, 3.8) is 0 Å². The summed E-state index contributed by atoms with van der Waals surface area (Å²) in [6, 6.07) is 79.8. The SMILES string of the molecule is c1ccc(-c2ccc(C3=NC(n4c5ccccc5c5ccc6c7ccccc7n(-c7ccccc7-c7ccccc7)c6c54)=NC(c4ccc(-c5ccccc5)cc4)N3)cc2)cc1. The van der Waals surface area contributed by atoms with Crippen molar-refractivity contribution in [3.8, 4) is 39.1 Å². The quantitative estimate of drug-likeness (QED) is 0.179. The van der Waals surface area contributed by atoms with Crippen molar-refractivity contribution in [3.05, 3.63) is 236 Å². The van der Waals surface area contributed by atoms with E-state index in [4.69, 9.17) is 9.98 Å². The average molecular weight is 794 g/mol. The van der Waals surface area contributed by atoms with Crippen LogP contribution in [0.4, 0.5) is 0 Å². The van der Waals surface area contributed by atoms with E-state index in [9.17, 15) is 0 Å². The molecule has 0 saturated heterocycles. The number of rotatable bonds is 6. The van der Waals surface area contributed by atoms with Gasteiger partial charge < -0.3 is 9.88 Å². The summed E-state index contributed by atoms with van der Waals surface area (Å²) in [6.07, 6.45) is -0.406. The number of nitrogens with one attached hydrogen (secondary N) is 1. The number of hydrogen-bond donors (Lipinski definition) is 1. The van der Waals surface area contributed by atoms with E-state index in [1.165, 1.54) is 21.9 Å². The highest BCUT2D eigenvalue weighted by atomic mass is 15.3. The summed E-state index contributed by atoms with van der Waals surface area (Å²) in [5, 5.41) is 8.40. The maximum Gasteiger partial charge on any atom is 0.234 e. The lowest BCUT2D eigenvalue weighted by Gasteiger charge is -2.25. The van der Waals surface area contributed by atoms with Crippen LogP contribution in [-0.4, -0.2) is 20.9 Å². The molecule has 0 amide bonds. The molecule has 3 heterocycles. The molecule has 0 saturated carbocycles. The lowest BCUT2D eigenvalue weighted by Crippen LogP contribution is -2.35. The minimum Gasteiger partial charge on any atom is -0.344 e. The van der Waals surface area contributed by atoms with Crippen LogP contribution < -0.4 is 5.32 Å². The standard InChI is InChI=1S/C57H39N5/c1-4-16-38(17-5-1)40-28-32-43(33-29-40)55-58-56(44-34-30-41(31-35-44)39-18-6-2-7-19-39)60-57(59-55)62-52-27-15-12-24-47(52)49-37-36-48-46-23-11-14-26-51(46)61(53(48)54(49)62)50-25-13-10-22-45(50)42-20-8-3-9-21-42/h1-37,55H,(H,58,59,60). The molecule has 5 nitrogen and oxygen atoms in total. The number of nitrogens with zero attached hydrogens (tertiary/aromatic N) is 4. The van der Waals surface area contributed by atoms with Crippen LogP contribution >= 0.6 is 0 Å². The van der Waals surface area contributed by atoms with E-state index < -0.39 is 6.17 Å². The Morgan fingerprint density at radius 1 is 0.355 bits per heavy atom. The summed E-state index contributed by atoms with van der Waals surface area (Å²) in [5.41, 5.74) is 14.5. The highest BCUT2D eigenvalue weighted by molar-refractivity contribution is 6.26. The maximum absolute atomic E-state index is 5.54. The molecule has 2 aromatic heterocycles. The Labute approximate surface area is 359 Å². The molecular formula is C57H39N5. The smallest absolute Gasteiger partial charge is 0.234 e. The van der Waals surface area contributed by atoms with Gasteiger partial charge in [0.15, 0.2) is 0 Å². The van der Waals surface area contributed by atoms with Gasteiger partial charge in [0, 0.05) is 32.7 Å². The highest BCUT2D eigenvalue weighted by Gasteiger charge is 2.27. The number of aliphatic imine (C=N–C) groups is 2. The van der Waals surface area contributed by atoms with Crippen molar-refractivity contribution < 1.29 is 0 Å². The number of benzene rings is 9. The Balaban J connectivity index is 1.12. The summed E-state index contributed by atoms with van der Waals surface area (Å²) in [7, 11) is 0. The molecule has 12 rings (SSSR count). The normalized spacial score (nSPS) is 14.0. The number of hydrogen-bond acceptors (Lipinski definition) is 3. The molecule has 1 N–H and O–H groups in total. The topological polar surface area (TPSA) is 46.6 Å². The van der Waals surface area contributed by atoms with Crippen molar-refractivity contribution in [1.82, 2.24) is 14.5 Å². The first-order valence-electron chi connectivity index (χ1n) is 21.1. The van der Waals surface area contributed by atoms with Gasteiger partial charge in [-0.15, -0.1) is 0 Å². The zero-order valence-electron chi connectivity index (χ0n) is 33.7. The molecule has 9 aromatic carbocycles. The number of para-hydroxylation sites is 3. The van der Waals surface area contributed by atoms with E-state index >= 15 is 0 Å². The second-order valence-electron chi connectivity index (χ2n) is 15.8. The molecule has 1 aliphatic rings. The average Bonchev–Trinajstić information content (AvgIpc) is 3.88. The van der Waals surface area contributed by atoms with E-state index in [0.717, 1.165) is 77.7 Å². The van der Waals surface area contributed by atoms with Crippen LogP contribution in [0.3, 0.4) is 0 Å². The number of amidine groups is 1. The second-order valence-corrected chi connectivity index (χ2v) is 15.8.